The van der Waals surface area contributed by atoms with E-state index in [2.05, 4.69) is 20.9 Å². The number of halogens is 3. The first-order valence-electron chi connectivity index (χ1n) is 14.1. The summed E-state index contributed by atoms with van der Waals surface area (Å²) < 4.78 is 50.6. The molecular formula is C32H38F3N3O4. The number of carbonyl (C=O) groups excluding carboxylic acids is 1. The largest absolute Gasteiger partial charge is 0.462 e. The fourth-order valence-corrected chi connectivity index (χ4v) is 5.14. The van der Waals surface area contributed by atoms with Gasteiger partial charge in [-0.05, 0) is 66.3 Å². The maximum Gasteiger partial charge on any atom is 0.421 e. The second-order valence-electron chi connectivity index (χ2n) is 10.7. The molecule has 0 aliphatic carbocycles. The lowest BCUT2D eigenvalue weighted by molar-refractivity contribution is -0.258. The summed E-state index contributed by atoms with van der Waals surface area (Å²) in [5.74, 6) is -0.270. The van der Waals surface area contributed by atoms with E-state index in [4.69, 9.17) is 9.47 Å². The number of hydrogen-bond donors (Lipinski definition) is 1. The highest BCUT2D eigenvalue weighted by Crippen LogP contribution is 2.39. The minimum absolute atomic E-state index is 0.206. The molecule has 4 rings (SSSR count). The van der Waals surface area contributed by atoms with Crippen molar-refractivity contribution in [2.45, 2.75) is 51.7 Å². The summed E-state index contributed by atoms with van der Waals surface area (Å²) in [5, 5.41) is 9.97. The average molecular weight is 586 g/mol. The van der Waals surface area contributed by atoms with E-state index in [9.17, 15) is 23.1 Å². The predicted molar refractivity (Wildman–Crippen MR) is 153 cm³/mol. The van der Waals surface area contributed by atoms with E-state index in [0.29, 0.717) is 39.4 Å². The molecule has 0 bridgehead atoms. The Bertz CT molecular complexity index is 1320. The van der Waals surface area contributed by atoms with E-state index in [1.165, 1.54) is 12.1 Å². The quantitative estimate of drug-likeness (QED) is 0.248. The van der Waals surface area contributed by atoms with Crippen molar-refractivity contribution in [1.29, 1.82) is 0 Å². The first-order valence-corrected chi connectivity index (χ1v) is 14.1. The zero-order valence-electron chi connectivity index (χ0n) is 24.2. The molecule has 226 valence electrons. The molecule has 1 aliphatic heterocycles. The summed E-state index contributed by atoms with van der Waals surface area (Å²) >= 11 is 0. The summed E-state index contributed by atoms with van der Waals surface area (Å²) in [6, 6.07) is 15.3. The highest BCUT2D eigenvalue weighted by Gasteiger charge is 2.51. The van der Waals surface area contributed by atoms with Crippen molar-refractivity contribution < 1.29 is 32.5 Å². The molecule has 0 amide bonds. The second-order valence-corrected chi connectivity index (χ2v) is 10.7. The minimum atomic E-state index is -4.77. The van der Waals surface area contributed by atoms with Crippen molar-refractivity contribution in [1.82, 2.24) is 14.8 Å². The number of alkyl halides is 3. The number of benzene rings is 2. The molecule has 42 heavy (non-hydrogen) atoms. The molecule has 0 spiro atoms. The van der Waals surface area contributed by atoms with Crippen LogP contribution in [0.2, 0.25) is 0 Å². The molecule has 10 heteroatoms. The summed E-state index contributed by atoms with van der Waals surface area (Å²) in [4.78, 5) is 21.6. The SMILES string of the molecule is CCOCCOC(=O)[C@H]1CN(Cc2ccc(-c3ccc(C(C)(O)C(F)(F)F)cc3)c(C)c2)CCN1Cc1ccncc1. The number of aliphatic hydroxyl groups is 1. The molecule has 1 fully saturated rings. The zero-order valence-corrected chi connectivity index (χ0v) is 24.2. The van der Waals surface area contributed by atoms with Gasteiger partial charge in [0.1, 0.15) is 12.6 Å². The molecule has 1 unspecified atom stereocenters. The lowest BCUT2D eigenvalue weighted by Gasteiger charge is -2.40. The predicted octanol–water partition coefficient (Wildman–Crippen LogP) is 5.09. The number of esters is 1. The second kappa shape index (κ2) is 13.8. The highest BCUT2D eigenvalue weighted by molar-refractivity contribution is 5.76. The van der Waals surface area contributed by atoms with Gasteiger partial charge in [-0.1, -0.05) is 42.5 Å². The average Bonchev–Trinajstić information content (AvgIpc) is 2.96. The molecule has 3 aromatic rings. The molecule has 2 aromatic carbocycles. The van der Waals surface area contributed by atoms with Crippen molar-refractivity contribution >= 4 is 5.97 Å². The summed E-state index contributed by atoms with van der Waals surface area (Å²) in [7, 11) is 0. The Balaban J connectivity index is 1.44. The van der Waals surface area contributed by atoms with E-state index in [0.717, 1.165) is 41.3 Å². The maximum atomic E-state index is 13.2. The van der Waals surface area contributed by atoms with Crippen LogP contribution < -0.4 is 0 Å². The number of piperazine rings is 1. The van der Waals surface area contributed by atoms with Gasteiger partial charge in [0.05, 0.1) is 6.61 Å². The molecule has 2 atom stereocenters. The van der Waals surface area contributed by atoms with Crippen LogP contribution in [-0.4, -0.2) is 77.5 Å². The number of ether oxygens (including phenoxy) is 2. The number of aromatic nitrogens is 1. The molecule has 0 radical (unpaired) electrons. The Labute approximate surface area is 244 Å². The fraction of sp³-hybridized carbons (Fsp3) is 0.438. The van der Waals surface area contributed by atoms with Gasteiger partial charge in [0.25, 0.3) is 0 Å². The van der Waals surface area contributed by atoms with E-state index >= 15 is 0 Å². The molecular weight excluding hydrogens is 547 g/mol. The lowest BCUT2D eigenvalue weighted by atomic mass is 9.92. The lowest BCUT2D eigenvalue weighted by Crippen LogP contribution is -2.56. The van der Waals surface area contributed by atoms with E-state index in [-0.39, 0.29) is 18.1 Å². The number of nitrogens with zero attached hydrogens (tertiary/aromatic N) is 3. The van der Waals surface area contributed by atoms with E-state index in [1.54, 1.807) is 24.5 Å². The van der Waals surface area contributed by atoms with Crippen molar-refractivity contribution in [3.05, 3.63) is 89.2 Å². The Kier molecular flexibility index (Phi) is 10.4. The Morgan fingerprint density at radius 2 is 1.71 bits per heavy atom. The van der Waals surface area contributed by atoms with E-state index < -0.39 is 17.8 Å². The topological polar surface area (TPSA) is 75.1 Å². The minimum Gasteiger partial charge on any atom is -0.462 e. The normalized spacial score (nSPS) is 18.0. The number of aryl methyl sites for hydroxylation is 1. The van der Waals surface area contributed by atoms with Gasteiger partial charge in [-0.2, -0.15) is 13.2 Å². The smallest absolute Gasteiger partial charge is 0.421 e. The molecule has 1 aromatic heterocycles. The summed E-state index contributed by atoms with van der Waals surface area (Å²) in [5.41, 5.74) is 1.66. The Morgan fingerprint density at radius 1 is 1.00 bits per heavy atom. The molecule has 0 saturated carbocycles. The van der Waals surface area contributed by atoms with Crippen LogP contribution in [0.25, 0.3) is 11.1 Å². The van der Waals surface area contributed by atoms with Crippen LogP contribution in [0.3, 0.4) is 0 Å². The first kappa shape index (κ1) is 31.6. The van der Waals surface area contributed by atoms with Gasteiger partial charge in [-0.3, -0.25) is 19.6 Å². The van der Waals surface area contributed by atoms with Gasteiger partial charge in [0.15, 0.2) is 5.60 Å². The third kappa shape index (κ3) is 7.74. The summed E-state index contributed by atoms with van der Waals surface area (Å²) in [6.45, 7) is 8.98. The van der Waals surface area contributed by atoms with E-state index in [1.807, 2.05) is 38.1 Å². The molecule has 1 aliphatic rings. The van der Waals surface area contributed by atoms with Crippen LogP contribution in [0, 0.1) is 6.92 Å². The van der Waals surface area contributed by atoms with Crippen LogP contribution in [0.4, 0.5) is 13.2 Å². The third-order valence-corrected chi connectivity index (χ3v) is 7.67. The molecule has 1 N–H and O–H groups in total. The number of carbonyl (C=O) groups is 1. The maximum absolute atomic E-state index is 13.2. The van der Waals surface area contributed by atoms with Crippen molar-refractivity contribution in [3.63, 3.8) is 0 Å². The zero-order chi connectivity index (χ0) is 30.3. The first-order chi connectivity index (χ1) is 20.0. The van der Waals surface area contributed by atoms with Crippen LogP contribution in [0.5, 0.6) is 0 Å². The van der Waals surface area contributed by atoms with Gasteiger partial charge in [0.2, 0.25) is 0 Å². The van der Waals surface area contributed by atoms with Crippen LogP contribution >= 0.6 is 0 Å². The van der Waals surface area contributed by atoms with Gasteiger partial charge in [-0.25, -0.2) is 0 Å². The molecule has 2 heterocycles. The Morgan fingerprint density at radius 3 is 2.36 bits per heavy atom. The molecule has 1 saturated heterocycles. The Hall–Kier alpha value is -3.31. The number of rotatable bonds is 11. The number of hydrogen-bond acceptors (Lipinski definition) is 7. The number of pyridine rings is 1. The summed E-state index contributed by atoms with van der Waals surface area (Å²) in [6.07, 6.45) is -1.28. The van der Waals surface area contributed by atoms with Crippen LogP contribution in [0.1, 0.15) is 36.1 Å². The van der Waals surface area contributed by atoms with Gasteiger partial charge < -0.3 is 14.6 Å². The molecule has 7 nitrogen and oxygen atoms in total. The van der Waals surface area contributed by atoms with Gasteiger partial charge in [0, 0.05) is 51.7 Å². The third-order valence-electron chi connectivity index (χ3n) is 7.67. The van der Waals surface area contributed by atoms with Crippen LogP contribution in [-0.2, 0) is 33.0 Å². The standard InChI is InChI=1S/C32H38F3N3O4/c1-4-41-17-18-42-30(39)29-22-37(15-16-38(29)21-24-11-13-36-14-12-24)20-25-5-10-28(23(2)19-25)26-6-8-27(9-7-26)31(3,40)32(33,34)35/h5-14,19,29,40H,4,15-18,20-22H2,1-3H3/t29-,31?/m1/s1. The van der Waals surface area contributed by atoms with Crippen molar-refractivity contribution in [2.75, 3.05) is 39.5 Å². The monoisotopic (exact) mass is 585 g/mol. The van der Waals surface area contributed by atoms with Crippen molar-refractivity contribution in [2.24, 2.45) is 0 Å². The van der Waals surface area contributed by atoms with Gasteiger partial charge in [-0.15, -0.1) is 0 Å². The van der Waals surface area contributed by atoms with Crippen molar-refractivity contribution in [3.8, 4) is 11.1 Å². The van der Waals surface area contributed by atoms with Gasteiger partial charge >= 0.3 is 12.1 Å². The van der Waals surface area contributed by atoms with Crippen LogP contribution in [0.15, 0.2) is 67.0 Å². The fourth-order valence-electron chi connectivity index (χ4n) is 5.14. The highest BCUT2D eigenvalue weighted by atomic mass is 19.4.